The minimum atomic E-state index is 0.267. The number of amides is 1. The van der Waals surface area contributed by atoms with Gasteiger partial charge in [-0.1, -0.05) is 32.1 Å². The van der Waals surface area contributed by atoms with E-state index in [4.69, 9.17) is 6.42 Å². The lowest BCUT2D eigenvalue weighted by atomic mass is 9.90. The van der Waals surface area contributed by atoms with Crippen LogP contribution in [0.3, 0.4) is 0 Å². The first-order valence-electron chi connectivity index (χ1n) is 7.06. The van der Waals surface area contributed by atoms with Crippen molar-refractivity contribution in [2.45, 2.75) is 64.2 Å². The van der Waals surface area contributed by atoms with Crippen LogP contribution in [0.15, 0.2) is 0 Å². The largest absolute Gasteiger partial charge is 0.356 e. The molecule has 1 rings (SSSR count). The summed E-state index contributed by atoms with van der Waals surface area (Å²) in [6.45, 7) is 0.789. The average Bonchev–Trinajstić information content (AvgIpc) is 2.28. The van der Waals surface area contributed by atoms with Gasteiger partial charge in [-0.2, -0.15) is 0 Å². The molecule has 0 atom stereocenters. The molecule has 0 unspecified atom stereocenters. The van der Waals surface area contributed by atoms with Crippen LogP contribution in [-0.2, 0) is 4.79 Å². The number of rotatable bonds is 5. The second-order valence-electron chi connectivity index (χ2n) is 4.99. The fourth-order valence-electron chi connectivity index (χ4n) is 2.43. The molecule has 96 valence electrons. The van der Waals surface area contributed by atoms with Crippen molar-refractivity contribution in [3.63, 3.8) is 0 Å². The van der Waals surface area contributed by atoms with Crippen LogP contribution >= 0.6 is 0 Å². The van der Waals surface area contributed by atoms with E-state index in [0.717, 1.165) is 38.6 Å². The summed E-state index contributed by atoms with van der Waals surface area (Å²) in [5, 5.41) is 3.05. The molecule has 0 aromatic heterocycles. The molecular formula is C15H25NO. The Hall–Kier alpha value is -0.970. The monoisotopic (exact) mass is 235 g/mol. The lowest BCUT2D eigenvalue weighted by molar-refractivity contribution is -0.125. The molecule has 0 saturated heterocycles. The molecule has 1 fully saturated rings. The predicted molar refractivity (Wildman–Crippen MR) is 71.5 cm³/mol. The number of nitrogens with one attached hydrogen (secondary N) is 1. The van der Waals surface area contributed by atoms with Gasteiger partial charge in [0.2, 0.25) is 5.91 Å². The topological polar surface area (TPSA) is 29.1 Å². The summed E-state index contributed by atoms with van der Waals surface area (Å²) in [5.41, 5.74) is 0. The number of unbranched alkanes of at least 4 members (excludes halogenated alkanes) is 2. The van der Waals surface area contributed by atoms with Crippen LogP contribution in [0.5, 0.6) is 0 Å². The van der Waals surface area contributed by atoms with Crippen LogP contribution in [0.2, 0.25) is 0 Å². The second-order valence-corrected chi connectivity index (χ2v) is 4.99. The van der Waals surface area contributed by atoms with E-state index < -0.39 is 0 Å². The Morgan fingerprint density at radius 3 is 2.41 bits per heavy atom. The zero-order chi connectivity index (χ0) is 12.3. The Morgan fingerprint density at radius 2 is 1.76 bits per heavy atom. The molecule has 2 heteroatoms. The van der Waals surface area contributed by atoms with Crippen molar-refractivity contribution in [1.82, 2.24) is 5.32 Å². The van der Waals surface area contributed by atoms with Crippen LogP contribution < -0.4 is 5.32 Å². The third-order valence-electron chi connectivity index (χ3n) is 3.52. The first kappa shape index (κ1) is 14.1. The van der Waals surface area contributed by atoms with Gasteiger partial charge in [0.25, 0.3) is 0 Å². The molecule has 17 heavy (non-hydrogen) atoms. The van der Waals surface area contributed by atoms with Crippen LogP contribution in [0.25, 0.3) is 0 Å². The molecule has 0 spiro atoms. The van der Waals surface area contributed by atoms with E-state index >= 15 is 0 Å². The van der Waals surface area contributed by atoms with Gasteiger partial charge in [0.15, 0.2) is 0 Å². The highest BCUT2D eigenvalue weighted by Gasteiger charge is 2.18. The lowest BCUT2D eigenvalue weighted by Crippen LogP contribution is -2.31. The number of hydrogen-bond donors (Lipinski definition) is 1. The highest BCUT2D eigenvalue weighted by atomic mass is 16.1. The third kappa shape index (κ3) is 6.36. The summed E-state index contributed by atoms with van der Waals surface area (Å²) in [6, 6.07) is 0. The molecule has 0 aromatic rings. The Balaban J connectivity index is 2.14. The van der Waals surface area contributed by atoms with Gasteiger partial charge in [-0.3, -0.25) is 4.79 Å². The van der Waals surface area contributed by atoms with E-state index in [1.54, 1.807) is 0 Å². The molecule has 1 amide bonds. The molecule has 1 aliphatic carbocycles. The highest BCUT2D eigenvalue weighted by Crippen LogP contribution is 2.22. The fraction of sp³-hybridized carbons (Fsp3) is 0.800. The first-order chi connectivity index (χ1) is 8.34. The molecule has 0 heterocycles. The molecule has 1 N–H and O–H groups in total. The maximum absolute atomic E-state index is 11.9. The molecule has 0 aromatic carbocycles. The van der Waals surface area contributed by atoms with Gasteiger partial charge in [0, 0.05) is 18.9 Å². The van der Waals surface area contributed by atoms with Crippen molar-refractivity contribution < 1.29 is 4.79 Å². The van der Waals surface area contributed by atoms with E-state index in [-0.39, 0.29) is 11.8 Å². The molecule has 2 nitrogen and oxygen atoms in total. The van der Waals surface area contributed by atoms with E-state index in [2.05, 4.69) is 11.2 Å². The van der Waals surface area contributed by atoms with Gasteiger partial charge in [0.05, 0.1) is 0 Å². The molecule has 0 bridgehead atoms. The Labute approximate surface area is 106 Å². The van der Waals surface area contributed by atoms with Gasteiger partial charge in [0.1, 0.15) is 0 Å². The van der Waals surface area contributed by atoms with Crippen molar-refractivity contribution in [3.8, 4) is 12.3 Å². The highest BCUT2D eigenvalue weighted by molar-refractivity contribution is 5.78. The van der Waals surface area contributed by atoms with Crippen molar-refractivity contribution in [2.24, 2.45) is 5.92 Å². The molecular weight excluding hydrogens is 210 g/mol. The van der Waals surface area contributed by atoms with Gasteiger partial charge >= 0.3 is 0 Å². The molecule has 1 aliphatic rings. The van der Waals surface area contributed by atoms with Gasteiger partial charge in [-0.05, 0) is 25.7 Å². The summed E-state index contributed by atoms with van der Waals surface area (Å²) in [5.74, 6) is 3.16. The Bertz CT molecular complexity index is 246. The number of hydrogen-bond acceptors (Lipinski definition) is 1. The lowest BCUT2D eigenvalue weighted by Gasteiger charge is -2.19. The quantitative estimate of drug-likeness (QED) is 0.575. The third-order valence-corrected chi connectivity index (χ3v) is 3.52. The number of carbonyl (C=O) groups is 1. The van der Waals surface area contributed by atoms with Gasteiger partial charge in [-0.15, -0.1) is 12.3 Å². The van der Waals surface area contributed by atoms with E-state index in [0.29, 0.717) is 0 Å². The van der Waals surface area contributed by atoms with Crippen LogP contribution in [0.4, 0.5) is 0 Å². The maximum Gasteiger partial charge on any atom is 0.223 e. The normalized spacial score (nSPS) is 17.8. The van der Waals surface area contributed by atoms with E-state index in [9.17, 15) is 4.79 Å². The molecule has 1 saturated carbocycles. The standard InChI is InChI=1S/C15H25NO/c1-2-3-4-10-13-16-15(17)14-11-8-6-5-7-9-12-14/h1,14H,3-13H2,(H,16,17). The van der Waals surface area contributed by atoms with Gasteiger partial charge in [-0.25, -0.2) is 0 Å². The van der Waals surface area contributed by atoms with Crippen molar-refractivity contribution in [1.29, 1.82) is 0 Å². The van der Waals surface area contributed by atoms with Gasteiger partial charge < -0.3 is 5.32 Å². The summed E-state index contributed by atoms with van der Waals surface area (Å²) in [7, 11) is 0. The van der Waals surface area contributed by atoms with E-state index in [1.807, 2.05) is 0 Å². The summed E-state index contributed by atoms with van der Waals surface area (Å²) in [4.78, 5) is 11.9. The minimum Gasteiger partial charge on any atom is -0.356 e. The number of terminal acetylenes is 1. The SMILES string of the molecule is C#CCCCCNC(=O)C1CCCCCCC1. The predicted octanol–water partition coefficient (Wildman–Crippen LogP) is 3.27. The van der Waals surface area contributed by atoms with Crippen molar-refractivity contribution in [3.05, 3.63) is 0 Å². The first-order valence-corrected chi connectivity index (χ1v) is 7.06. The van der Waals surface area contributed by atoms with Crippen LogP contribution in [0.1, 0.15) is 64.2 Å². The zero-order valence-electron chi connectivity index (χ0n) is 10.8. The van der Waals surface area contributed by atoms with Crippen molar-refractivity contribution in [2.75, 3.05) is 6.54 Å². The van der Waals surface area contributed by atoms with Crippen molar-refractivity contribution >= 4 is 5.91 Å². The van der Waals surface area contributed by atoms with E-state index in [1.165, 1.54) is 32.1 Å². The zero-order valence-corrected chi connectivity index (χ0v) is 10.8. The molecule has 0 radical (unpaired) electrons. The second kappa shape index (κ2) is 9.10. The Kier molecular flexibility index (Phi) is 7.54. The fourth-order valence-corrected chi connectivity index (χ4v) is 2.43. The maximum atomic E-state index is 11.9. The summed E-state index contributed by atoms with van der Waals surface area (Å²) >= 11 is 0. The Morgan fingerprint density at radius 1 is 1.12 bits per heavy atom. The average molecular weight is 235 g/mol. The smallest absolute Gasteiger partial charge is 0.223 e. The molecule has 0 aliphatic heterocycles. The minimum absolute atomic E-state index is 0.267. The number of carbonyl (C=O) groups excluding carboxylic acids is 1. The summed E-state index contributed by atoms with van der Waals surface area (Å²) < 4.78 is 0. The summed E-state index contributed by atoms with van der Waals surface area (Å²) in [6.07, 6.45) is 16.6. The van der Waals surface area contributed by atoms with Crippen LogP contribution in [0, 0.1) is 18.3 Å². The van der Waals surface area contributed by atoms with Crippen LogP contribution in [-0.4, -0.2) is 12.5 Å².